The summed E-state index contributed by atoms with van der Waals surface area (Å²) < 4.78 is 20.2. The molecule has 1 saturated heterocycles. The second-order valence-electron chi connectivity index (χ2n) is 5.77. The van der Waals surface area contributed by atoms with E-state index in [-0.39, 0.29) is 29.4 Å². The number of ether oxygens (including phenoxy) is 4. The molecule has 142 valence electrons. The van der Waals surface area contributed by atoms with E-state index in [2.05, 4.69) is 0 Å². The first-order valence-electron chi connectivity index (χ1n) is 7.79. The molecule has 1 unspecified atom stereocenters. The van der Waals surface area contributed by atoms with Crippen LogP contribution < -0.4 is 14.2 Å². The quantitative estimate of drug-likeness (QED) is 0.568. The van der Waals surface area contributed by atoms with Crippen LogP contribution in [-0.2, 0) is 19.2 Å². The van der Waals surface area contributed by atoms with Gasteiger partial charge in [0.2, 0.25) is 5.75 Å². The molecule has 1 heterocycles. The number of methoxy groups -OCH3 is 3. The van der Waals surface area contributed by atoms with Crippen LogP contribution in [0.5, 0.6) is 17.2 Å². The van der Waals surface area contributed by atoms with Crippen molar-refractivity contribution < 1.29 is 38.2 Å². The van der Waals surface area contributed by atoms with Gasteiger partial charge in [-0.05, 0) is 19.1 Å². The molecule has 1 aromatic rings. The summed E-state index contributed by atoms with van der Waals surface area (Å²) in [4.78, 5) is 41.3. The molecule has 0 radical (unpaired) electrons. The Hall–Kier alpha value is -2.81. The maximum Gasteiger partial charge on any atom is 0.340 e. The minimum absolute atomic E-state index is 0.0702. The number of hydrogen-bond acceptors (Lipinski definition) is 8. The molecule has 1 aromatic carbocycles. The molecule has 1 aliphatic rings. The van der Waals surface area contributed by atoms with Gasteiger partial charge in [-0.1, -0.05) is 0 Å². The molecule has 9 heteroatoms. The molecule has 26 heavy (non-hydrogen) atoms. The highest BCUT2D eigenvalue weighted by Gasteiger charge is 2.45. The predicted octanol–water partition coefficient (Wildman–Crippen LogP) is 1.34. The van der Waals surface area contributed by atoms with Crippen LogP contribution in [0.3, 0.4) is 0 Å². The Labute approximate surface area is 150 Å². The van der Waals surface area contributed by atoms with Gasteiger partial charge in [-0.3, -0.25) is 14.4 Å². The lowest BCUT2D eigenvalue weighted by atomic mass is 10.0. The summed E-state index contributed by atoms with van der Waals surface area (Å²) in [6.07, 6.45) is 0.297. The number of carbonyl (C=O) groups excluding carboxylic acids is 3. The lowest BCUT2D eigenvalue weighted by Gasteiger charge is -2.22. The molecule has 1 atom stereocenters. The molecule has 2 rings (SSSR count). The Morgan fingerprint density at radius 3 is 2.15 bits per heavy atom. The third-order valence-electron chi connectivity index (χ3n) is 3.90. The summed E-state index contributed by atoms with van der Waals surface area (Å²) in [5.41, 5.74) is -1.04. The number of hydrogen-bond donors (Lipinski definition) is 0. The summed E-state index contributed by atoms with van der Waals surface area (Å²) in [5.74, 6) is -1.24. The van der Waals surface area contributed by atoms with Gasteiger partial charge in [0.25, 0.3) is 5.91 Å². The second kappa shape index (κ2) is 7.61. The van der Waals surface area contributed by atoms with E-state index >= 15 is 0 Å². The van der Waals surface area contributed by atoms with E-state index in [1.807, 2.05) is 0 Å². The number of carbonyl (C=O) groups is 3. The van der Waals surface area contributed by atoms with E-state index < -0.39 is 23.4 Å². The SMILES string of the molecule is COC(=O)C1(C)CCN(C(=O)c2cc(OC)c(OC(C)=O)c(OC)c2)O1. The number of rotatable bonds is 5. The van der Waals surface area contributed by atoms with Crippen molar-refractivity contribution in [1.29, 1.82) is 0 Å². The van der Waals surface area contributed by atoms with Crippen molar-refractivity contribution >= 4 is 17.8 Å². The zero-order valence-corrected chi connectivity index (χ0v) is 15.3. The summed E-state index contributed by atoms with van der Waals surface area (Å²) in [6, 6.07) is 2.81. The first-order chi connectivity index (χ1) is 12.3. The zero-order chi connectivity index (χ0) is 19.5. The summed E-state index contributed by atoms with van der Waals surface area (Å²) in [5, 5.41) is 1.08. The van der Waals surface area contributed by atoms with Gasteiger partial charge in [-0.2, -0.15) is 0 Å². The molecular weight excluding hydrogens is 346 g/mol. The number of benzene rings is 1. The smallest absolute Gasteiger partial charge is 0.340 e. The average Bonchev–Trinajstić information content (AvgIpc) is 3.03. The van der Waals surface area contributed by atoms with Gasteiger partial charge in [0.15, 0.2) is 17.1 Å². The minimum Gasteiger partial charge on any atom is -0.493 e. The maximum absolute atomic E-state index is 12.7. The number of amides is 1. The Balaban J connectivity index is 2.32. The van der Waals surface area contributed by atoms with Crippen LogP contribution in [-0.4, -0.2) is 56.4 Å². The first kappa shape index (κ1) is 19.5. The largest absolute Gasteiger partial charge is 0.493 e. The van der Waals surface area contributed by atoms with Crippen molar-refractivity contribution in [3.8, 4) is 17.2 Å². The Morgan fingerprint density at radius 1 is 1.12 bits per heavy atom. The molecule has 1 fully saturated rings. The Morgan fingerprint density at radius 2 is 1.69 bits per heavy atom. The topological polar surface area (TPSA) is 101 Å². The molecule has 1 amide bonds. The number of hydroxylamine groups is 2. The first-order valence-corrected chi connectivity index (χ1v) is 7.79. The van der Waals surface area contributed by atoms with Gasteiger partial charge in [-0.25, -0.2) is 9.86 Å². The van der Waals surface area contributed by atoms with Crippen LogP contribution in [0.1, 0.15) is 30.6 Å². The fourth-order valence-electron chi connectivity index (χ4n) is 2.54. The van der Waals surface area contributed by atoms with E-state index in [9.17, 15) is 14.4 Å². The van der Waals surface area contributed by atoms with Gasteiger partial charge >= 0.3 is 11.9 Å². The Bertz CT molecular complexity index is 706. The van der Waals surface area contributed by atoms with Crippen molar-refractivity contribution in [3.05, 3.63) is 17.7 Å². The highest BCUT2D eigenvalue weighted by atomic mass is 16.7. The molecule has 0 aromatic heterocycles. The third kappa shape index (κ3) is 3.72. The van der Waals surface area contributed by atoms with E-state index in [0.29, 0.717) is 6.42 Å². The molecule has 9 nitrogen and oxygen atoms in total. The van der Waals surface area contributed by atoms with Gasteiger partial charge < -0.3 is 18.9 Å². The number of esters is 2. The van der Waals surface area contributed by atoms with E-state index in [1.54, 1.807) is 6.92 Å². The van der Waals surface area contributed by atoms with Crippen molar-refractivity contribution in [2.45, 2.75) is 25.9 Å². The molecule has 0 spiro atoms. The molecule has 1 aliphatic heterocycles. The lowest BCUT2D eigenvalue weighted by molar-refractivity contribution is -0.192. The average molecular weight is 367 g/mol. The minimum atomic E-state index is -1.23. The number of nitrogens with zero attached hydrogens (tertiary/aromatic N) is 1. The standard InChI is InChI=1S/C17H21NO8/c1-10(19)25-14-12(22-3)8-11(9-13(14)23-4)15(20)18-7-6-17(2,26-18)16(21)24-5/h8-9H,6-7H2,1-5H3. The normalized spacial score (nSPS) is 19.0. The van der Waals surface area contributed by atoms with Crippen molar-refractivity contribution in [2.24, 2.45) is 0 Å². The van der Waals surface area contributed by atoms with E-state index in [0.717, 1.165) is 5.06 Å². The predicted molar refractivity (Wildman–Crippen MR) is 88.0 cm³/mol. The Kier molecular flexibility index (Phi) is 5.71. The fourth-order valence-corrected chi connectivity index (χ4v) is 2.54. The van der Waals surface area contributed by atoms with Crippen LogP contribution >= 0.6 is 0 Å². The highest BCUT2D eigenvalue weighted by Crippen LogP contribution is 2.39. The summed E-state index contributed by atoms with van der Waals surface area (Å²) >= 11 is 0. The monoisotopic (exact) mass is 367 g/mol. The van der Waals surface area contributed by atoms with Gasteiger partial charge in [-0.15, -0.1) is 0 Å². The van der Waals surface area contributed by atoms with E-state index in [4.69, 9.17) is 23.8 Å². The van der Waals surface area contributed by atoms with Crippen LogP contribution in [0.25, 0.3) is 0 Å². The van der Waals surface area contributed by atoms with E-state index in [1.165, 1.54) is 40.4 Å². The molecular formula is C17H21NO8. The van der Waals surface area contributed by atoms with Gasteiger partial charge in [0.1, 0.15) is 0 Å². The molecule has 0 saturated carbocycles. The molecule has 0 N–H and O–H groups in total. The van der Waals surface area contributed by atoms with Gasteiger partial charge in [0.05, 0.1) is 27.9 Å². The van der Waals surface area contributed by atoms with Crippen LogP contribution in [0, 0.1) is 0 Å². The summed E-state index contributed by atoms with van der Waals surface area (Å²) in [6.45, 7) is 3.00. The van der Waals surface area contributed by atoms with Crippen molar-refractivity contribution in [1.82, 2.24) is 5.06 Å². The molecule has 0 aliphatic carbocycles. The fraction of sp³-hybridized carbons (Fsp3) is 0.471. The summed E-state index contributed by atoms with van der Waals surface area (Å²) in [7, 11) is 4.00. The van der Waals surface area contributed by atoms with Crippen molar-refractivity contribution in [2.75, 3.05) is 27.9 Å². The lowest BCUT2D eigenvalue weighted by Crippen LogP contribution is -2.38. The van der Waals surface area contributed by atoms with Crippen LogP contribution in [0.2, 0.25) is 0 Å². The van der Waals surface area contributed by atoms with Gasteiger partial charge in [0, 0.05) is 18.9 Å². The third-order valence-corrected chi connectivity index (χ3v) is 3.90. The highest BCUT2D eigenvalue weighted by molar-refractivity contribution is 5.95. The second-order valence-corrected chi connectivity index (χ2v) is 5.77. The molecule has 0 bridgehead atoms. The van der Waals surface area contributed by atoms with Crippen LogP contribution in [0.15, 0.2) is 12.1 Å². The van der Waals surface area contributed by atoms with Crippen LogP contribution in [0.4, 0.5) is 0 Å². The maximum atomic E-state index is 12.7. The zero-order valence-electron chi connectivity index (χ0n) is 15.3. The van der Waals surface area contributed by atoms with Crippen molar-refractivity contribution in [3.63, 3.8) is 0 Å².